The van der Waals surface area contributed by atoms with E-state index in [4.69, 9.17) is 9.84 Å². The lowest BCUT2D eigenvalue weighted by atomic mass is 10.2. The third-order valence-electron chi connectivity index (χ3n) is 2.96. The summed E-state index contributed by atoms with van der Waals surface area (Å²) in [4.78, 5) is 0. The fraction of sp³-hybridized carbons (Fsp3) is 0.500. The van der Waals surface area contributed by atoms with Crippen molar-refractivity contribution in [2.45, 2.75) is 6.42 Å². The minimum absolute atomic E-state index is 0.328. The van der Waals surface area contributed by atoms with Gasteiger partial charge in [0.1, 0.15) is 5.75 Å². The zero-order valence-electron chi connectivity index (χ0n) is 8.94. The number of nitrogens with one attached hydrogen (secondary N) is 1. The van der Waals surface area contributed by atoms with Crippen LogP contribution in [0, 0.1) is 11.8 Å². The standard InChI is InChI=1S/C12H17NO2/c1-15-12-4-2-11(3-5-12)13-7-9-6-10(9)8-14/h2-5,9-10,13-14H,6-8H2,1H3/t9-,10-/m0/s1. The lowest BCUT2D eigenvalue weighted by molar-refractivity contribution is 0.270. The Hall–Kier alpha value is -1.22. The van der Waals surface area contributed by atoms with E-state index in [2.05, 4.69) is 5.32 Å². The number of benzene rings is 1. The molecule has 1 fully saturated rings. The average molecular weight is 207 g/mol. The molecule has 2 N–H and O–H groups in total. The maximum absolute atomic E-state index is 8.90. The first-order valence-electron chi connectivity index (χ1n) is 5.32. The van der Waals surface area contributed by atoms with Gasteiger partial charge in [-0.05, 0) is 42.5 Å². The molecule has 0 bridgehead atoms. The molecule has 1 aliphatic carbocycles. The Morgan fingerprint density at radius 2 is 2.07 bits per heavy atom. The quantitative estimate of drug-likeness (QED) is 0.772. The molecular formula is C12H17NO2. The molecule has 3 nitrogen and oxygen atoms in total. The van der Waals surface area contributed by atoms with Crippen LogP contribution in [-0.2, 0) is 0 Å². The van der Waals surface area contributed by atoms with E-state index >= 15 is 0 Å². The van der Waals surface area contributed by atoms with Gasteiger partial charge in [0, 0.05) is 18.8 Å². The van der Waals surface area contributed by atoms with Crippen molar-refractivity contribution in [1.29, 1.82) is 0 Å². The summed E-state index contributed by atoms with van der Waals surface area (Å²) in [5.74, 6) is 2.05. The largest absolute Gasteiger partial charge is 0.497 e. The number of anilines is 1. The third-order valence-corrected chi connectivity index (χ3v) is 2.96. The van der Waals surface area contributed by atoms with Gasteiger partial charge in [0.05, 0.1) is 7.11 Å². The predicted molar refractivity (Wildman–Crippen MR) is 60.2 cm³/mol. The maximum Gasteiger partial charge on any atom is 0.119 e. The fourth-order valence-electron chi connectivity index (χ4n) is 1.74. The lowest BCUT2D eigenvalue weighted by Gasteiger charge is -2.06. The van der Waals surface area contributed by atoms with Gasteiger partial charge >= 0.3 is 0 Å². The Kier molecular flexibility index (Phi) is 3.11. The first-order chi connectivity index (χ1) is 7.33. The van der Waals surface area contributed by atoms with E-state index in [9.17, 15) is 0 Å². The van der Waals surface area contributed by atoms with Crippen LogP contribution in [0.1, 0.15) is 6.42 Å². The van der Waals surface area contributed by atoms with Crippen molar-refractivity contribution in [2.75, 3.05) is 25.6 Å². The van der Waals surface area contributed by atoms with Gasteiger partial charge in [-0.1, -0.05) is 0 Å². The first-order valence-corrected chi connectivity index (χ1v) is 5.32. The number of rotatable bonds is 5. The second kappa shape index (κ2) is 4.53. The van der Waals surface area contributed by atoms with E-state index in [1.165, 1.54) is 0 Å². The van der Waals surface area contributed by atoms with Crippen molar-refractivity contribution in [3.8, 4) is 5.75 Å². The summed E-state index contributed by atoms with van der Waals surface area (Å²) >= 11 is 0. The summed E-state index contributed by atoms with van der Waals surface area (Å²) in [6.07, 6.45) is 1.15. The topological polar surface area (TPSA) is 41.5 Å². The van der Waals surface area contributed by atoms with E-state index in [0.717, 1.165) is 24.4 Å². The average Bonchev–Trinajstić information content (AvgIpc) is 3.06. The molecule has 0 amide bonds. The Balaban J connectivity index is 1.79. The minimum atomic E-state index is 0.328. The second-order valence-electron chi connectivity index (χ2n) is 4.05. The van der Waals surface area contributed by atoms with Crippen LogP contribution in [-0.4, -0.2) is 25.4 Å². The van der Waals surface area contributed by atoms with Crippen LogP contribution in [0.3, 0.4) is 0 Å². The summed E-state index contributed by atoms with van der Waals surface area (Å²) in [5, 5.41) is 12.3. The van der Waals surface area contributed by atoms with Crippen LogP contribution in [0.15, 0.2) is 24.3 Å². The van der Waals surface area contributed by atoms with Crippen LogP contribution in [0.25, 0.3) is 0 Å². The van der Waals surface area contributed by atoms with Gasteiger partial charge in [-0.3, -0.25) is 0 Å². The van der Waals surface area contributed by atoms with Crippen molar-refractivity contribution in [3.05, 3.63) is 24.3 Å². The molecule has 15 heavy (non-hydrogen) atoms. The monoisotopic (exact) mass is 207 g/mol. The molecule has 0 aromatic heterocycles. The molecule has 3 heteroatoms. The molecule has 1 aromatic rings. The van der Waals surface area contributed by atoms with E-state index < -0.39 is 0 Å². The number of ether oxygens (including phenoxy) is 1. The van der Waals surface area contributed by atoms with Gasteiger partial charge in [-0.2, -0.15) is 0 Å². The van der Waals surface area contributed by atoms with Gasteiger partial charge in [-0.25, -0.2) is 0 Å². The Morgan fingerprint density at radius 1 is 1.33 bits per heavy atom. The molecule has 1 aliphatic rings. The number of methoxy groups -OCH3 is 1. The summed E-state index contributed by atoms with van der Waals surface area (Å²) in [5.41, 5.74) is 1.11. The Morgan fingerprint density at radius 3 is 2.60 bits per heavy atom. The van der Waals surface area contributed by atoms with Crippen molar-refractivity contribution >= 4 is 5.69 Å². The number of hydrogen-bond acceptors (Lipinski definition) is 3. The summed E-state index contributed by atoms with van der Waals surface area (Å²) in [6, 6.07) is 7.90. The van der Waals surface area contributed by atoms with Gasteiger partial charge in [0.25, 0.3) is 0 Å². The maximum atomic E-state index is 8.90. The lowest BCUT2D eigenvalue weighted by Crippen LogP contribution is -2.05. The van der Waals surface area contributed by atoms with E-state index in [1.807, 2.05) is 24.3 Å². The molecule has 0 spiro atoms. The number of hydrogen-bond donors (Lipinski definition) is 2. The SMILES string of the molecule is COc1ccc(NC[C@@H]2C[C@H]2CO)cc1. The summed E-state index contributed by atoms with van der Waals surface area (Å²) < 4.78 is 5.08. The highest BCUT2D eigenvalue weighted by molar-refractivity contribution is 5.46. The van der Waals surface area contributed by atoms with Crippen LogP contribution in [0.2, 0.25) is 0 Å². The molecular weight excluding hydrogens is 190 g/mol. The van der Waals surface area contributed by atoms with E-state index in [0.29, 0.717) is 18.4 Å². The highest BCUT2D eigenvalue weighted by Gasteiger charge is 2.35. The molecule has 82 valence electrons. The molecule has 2 rings (SSSR count). The molecule has 0 radical (unpaired) electrons. The summed E-state index contributed by atoms with van der Waals surface area (Å²) in [6.45, 7) is 1.28. The van der Waals surface area contributed by atoms with Crippen molar-refractivity contribution in [3.63, 3.8) is 0 Å². The van der Waals surface area contributed by atoms with Crippen LogP contribution >= 0.6 is 0 Å². The molecule has 0 aliphatic heterocycles. The Labute approximate surface area is 90.1 Å². The molecule has 0 heterocycles. The summed E-state index contributed by atoms with van der Waals surface area (Å²) in [7, 11) is 1.67. The molecule has 0 unspecified atom stereocenters. The van der Waals surface area contributed by atoms with Gasteiger partial charge in [-0.15, -0.1) is 0 Å². The zero-order valence-corrected chi connectivity index (χ0v) is 8.94. The van der Waals surface area contributed by atoms with Gasteiger partial charge in [0.2, 0.25) is 0 Å². The molecule has 1 aromatic carbocycles. The van der Waals surface area contributed by atoms with Crippen LogP contribution in [0.4, 0.5) is 5.69 Å². The minimum Gasteiger partial charge on any atom is -0.497 e. The normalized spacial score (nSPS) is 23.6. The Bertz CT molecular complexity index is 310. The predicted octanol–water partition coefficient (Wildman–Crippen LogP) is 1.74. The van der Waals surface area contributed by atoms with E-state index in [-0.39, 0.29) is 0 Å². The van der Waals surface area contributed by atoms with Crippen LogP contribution in [0.5, 0.6) is 5.75 Å². The molecule has 1 saturated carbocycles. The van der Waals surface area contributed by atoms with Crippen molar-refractivity contribution < 1.29 is 9.84 Å². The number of aliphatic hydroxyl groups excluding tert-OH is 1. The molecule has 0 saturated heterocycles. The highest BCUT2D eigenvalue weighted by atomic mass is 16.5. The van der Waals surface area contributed by atoms with Crippen molar-refractivity contribution in [2.24, 2.45) is 11.8 Å². The first kappa shape index (κ1) is 10.3. The van der Waals surface area contributed by atoms with Crippen molar-refractivity contribution in [1.82, 2.24) is 0 Å². The second-order valence-corrected chi connectivity index (χ2v) is 4.05. The highest BCUT2D eigenvalue weighted by Crippen LogP contribution is 2.37. The third kappa shape index (κ3) is 2.63. The van der Waals surface area contributed by atoms with Gasteiger partial charge < -0.3 is 15.2 Å². The smallest absolute Gasteiger partial charge is 0.119 e. The van der Waals surface area contributed by atoms with Crippen LogP contribution < -0.4 is 10.1 Å². The fourth-order valence-corrected chi connectivity index (χ4v) is 1.74. The number of aliphatic hydroxyl groups is 1. The van der Waals surface area contributed by atoms with E-state index in [1.54, 1.807) is 7.11 Å². The zero-order chi connectivity index (χ0) is 10.7. The van der Waals surface area contributed by atoms with Gasteiger partial charge in [0.15, 0.2) is 0 Å². The molecule has 2 atom stereocenters.